The molecule has 110 valence electrons. The van der Waals surface area contributed by atoms with E-state index in [1.54, 1.807) is 5.32 Å². The van der Waals surface area contributed by atoms with Crippen LogP contribution in [0.2, 0.25) is 5.15 Å². The lowest BCUT2D eigenvalue weighted by atomic mass is 10.2. The summed E-state index contributed by atoms with van der Waals surface area (Å²) in [6, 6.07) is 0.632. The topological polar surface area (TPSA) is 42.0 Å². The number of aromatic nitrogens is 1. The number of nitrogens with one attached hydrogen (secondary N) is 1. The summed E-state index contributed by atoms with van der Waals surface area (Å²) in [4.78, 5) is 15.0. The fourth-order valence-corrected chi connectivity index (χ4v) is 1.63. The predicted molar refractivity (Wildman–Crippen MR) is 63.4 cm³/mol. The second kappa shape index (κ2) is 5.65. The van der Waals surface area contributed by atoms with Crippen molar-refractivity contribution < 1.29 is 26.7 Å². The van der Waals surface area contributed by atoms with E-state index in [9.17, 15) is 26.7 Å². The Bertz CT molecular complexity index is 712. The van der Waals surface area contributed by atoms with Crippen molar-refractivity contribution in [3.63, 3.8) is 0 Å². The van der Waals surface area contributed by atoms with Crippen LogP contribution in [0.1, 0.15) is 10.4 Å². The predicted octanol–water partition coefficient (Wildman–Crippen LogP) is 3.68. The molecular weight excluding hydrogens is 319 g/mol. The fraction of sp³-hybridized carbons (Fsp3) is 0. The first-order valence-corrected chi connectivity index (χ1v) is 5.64. The van der Waals surface area contributed by atoms with Crippen molar-refractivity contribution in [2.24, 2.45) is 0 Å². The minimum atomic E-state index is -1.80. The standard InChI is InChI=1S/C12H4ClF5N2O/c13-11-5(1-4(14)3-19-11)12(21)20-10-8(17)6(15)2-7(16)9(10)18/h1-3H,(H,20,21). The number of carbonyl (C=O) groups is 1. The normalized spacial score (nSPS) is 10.6. The summed E-state index contributed by atoms with van der Waals surface area (Å²) >= 11 is 5.53. The van der Waals surface area contributed by atoms with Crippen LogP contribution in [0.25, 0.3) is 0 Å². The van der Waals surface area contributed by atoms with Crippen molar-refractivity contribution in [3.05, 3.63) is 58.1 Å². The zero-order valence-electron chi connectivity index (χ0n) is 9.86. The molecule has 2 aromatic rings. The van der Waals surface area contributed by atoms with E-state index in [0.717, 1.165) is 0 Å². The molecule has 9 heteroatoms. The number of carbonyl (C=O) groups excluding carboxylic acids is 1. The molecule has 0 saturated carbocycles. The lowest BCUT2D eigenvalue weighted by Gasteiger charge is -2.09. The van der Waals surface area contributed by atoms with E-state index in [0.29, 0.717) is 12.3 Å². The van der Waals surface area contributed by atoms with Gasteiger partial charge < -0.3 is 5.32 Å². The third kappa shape index (κ3) is 2.94. The van der Waals surface area contributed by atoms with Gasteiger partial charge in [0.1, 0.15) is 16.7 Å². The quantitative estimate of drug-likeness (QED) is 0.520. The van der Waals surface area contributed by atoms with Crippen LogP contribution in [0.3, 0.4) is 0 Å². The van der Waals surface area contributed by atoms with Crippen LogP contribution < -0.4 is 5.32 Å². The Kier molecular flexibility index (Phi) is 4.08. The number of anilines is 1. The largest absolute Gasteiger partial charge is 0.317 e. The molecule has 21 heavy (non-hydrogen) atoms. The summed E-state index contributed by atoms with van der Waals surface area (Å²) in [5.41, 5.74) is -1.90. The number of benzene rings is 1. The molecule has 1 aromatic heterocycles. The van der Waals surface area contributed by atoms with Crippen molar-refractivity contribution in [1.29, 1.82) is 0 Å². The van der Waals surface area contributed by atoms with Crippen LogP contribution >= 0.6 is 11.6 Å². The van der Waals surface area contributed by atoms with E-state index in [4.69, 9.17) is 11.6 Å². The van der Waals surface area contributed by atoms with Crippen molar-refractivity contribution in [2.45, 2.75) is 0 Å². The Morgan fingerprint density at radius 2 is 1.62 bits per heavy atom. The maximum absolute atomic E-state index is 13.4. The van der Waals surface area contributed by atoms with E-state index in [-0.39, 0.29) is 6.07 Å². The van der Waals surface area contributed by atoms with Gasteiger partial charge in [0.15, 0.2) is 23.3 Å². The van der Waals surface area contributed by atoms with Gasteiger partial charge in [0, 0.05) is 6.07 Å². The summed E-state index contributed by atoms with van der Waals surface area (Å²) < 4.78 is 65.7. The number of hydrogen-bond donors (Lipinski definition) is 1. The van der Waals surface area contributed by atoms with Crippen LogP contribution in [0.15, 0.2) is 18.3 Å². The molecule has 0 atom stereocenters. The molecule has 0 aliphatic rings. The highest BCUT2D eigenvalue weighted by molar-refractivity contribution is 6.33. The van der Waals surface area contributed by atoms with Gasteiger partial charge in [-0.05, 0) is 6.07 Å². The summed E-state index contributed by atoms with van der Waals surface area (Å²) in [6.45, 7) is 0. The first kappa shape index (κ1) is 15.2. The number of amides is 1. The molecule has 0 fully saturated rings. The van der Waals surface area contributed by atoms with Crippen molar-refractivity contribution >= 4 is 23.2 Å². The highest BCUT2D eigenvalue weighted by Gasteiger charge is 2.22. The van der Waals surface area contributed by atoms with E-state index >= 15 is 0 Å². The van der Waals surface area contributed by atoms with Gasteiger partial charge in [-0.25, -0.2) is 26.9 Å². The molecule has 0 bridgehead atoms. The molecule has 3 nitrogen and oxygen atoms in total. The number of hydrogen-bond acceptors (Lipinski definition) is 2. The van der Waals surface area contributed by atoms with Crippen molar-refractivity contribution in [3.8, 4) is 0 Å². The van der Waals surface area contributed by atoms with E-state index in [1.165, 1.54) is 0 Å². The van der Waals surface area contributed by atoms with Gasteiger partial charge in [-0.3, -0.25) is 4.79 Å². The molecule has 2 rings (SSSR count). The molecule has 0 unspecified atom stereocenters. The molecule has 0 aliphatic carbocycles. The second-order valence-electron chi connectivity index (χ2n) is 3.79. The third-order valence-electron chi connectivity index (χ3n) is 2.40. The van der Waals surface area contributed by atoms with Gasteiger partial charge >= 0.3 is 0 Å². The minimum absolute atomic E-state index is 0.0168. The fourth-order valence-electron chi connectivity index (χ4n) is 1.45. The smallest absolute Gasteiger partial charge is 0.259 e. The molecular formula is C12H4ClF5N2O. The first-order valence-electron chi connectivity index (χ1n) is 5.26. The van der Waals surface area contributed by atoms with Crippen LogP contribution in [0, 0.1) is 29.1 Å². The van der Waals surface area contributed by atoms with Gasteiger partial charge in [0.05, 0.1) is 11.8 Å². The summed E-state index contributed by atoms with van der Waals surface area (Å²) in [5, 5.41) is 1.13. The van der Waals surface area contributed by atoms with Crippen LogP contribution in [-0.2, 0) is 0 Å². The summed E-state index contributed by atoms with van der Waals surface area (Å²) in [7, 11) is 0. The van der Waals surface area contributed by atoms with Crippen LogP contribution in [0.5, 0.6) is 0 Å². The maximum Gasteiger partial charge on any atom is 0.259 e. The Balaban J connectivity index is 2.43. The molecule has 0 radical (unpaired) electrons. The first-order chi connectivity index (χ1) is 9.81. The molecule has 1 amide bonds. The minimum Gasteiger partial charge on any atom is -0.317 e. The van der Waals surface area contributed by atoms with E-state index in [1.807, 2.05) is 0 Å². The second-order valence-corrected chi connectivity index (χ2v) is 4.15. The van der Waals surface area contributed by atoms with E-state index in [2.05, 4.69) is 4.98 Å². The van der Waals surface area contributed by atoms with Gasteiger partial charge in [0.25, 0.3) is 5.91 Å². The molecule has 1 N–H and O–H groups in total. The SMILES string of the molecule is O=C(Nc1c(F)c(F)cc(F)c1F)c1cc(F)cnc1Cl. The van der Waals surface area contributed by atoms with Crippen LogP contribution in [-0.4, -0.2) is 10.9 Å². The van der Waals surface area contributed by atoms with Gasteiger partial charge in [-0.1, -0.05) is 11.6 Å². The number of rotatable bonds is 2. The number of nitrogens with zero attached hydrogens (tertiary/aromatic N) is 1. The molecule has 0 spiro atoms. The average molecular weight is 323 g/mol. The summed E-state index contributed by atoms with van der Waals surface area (Å²) in [6.07, 6.45) is 0.710. The molecule has 1 heterocycles. The Morgan fingerprint density at radius 1 is 1.05 bits per heavy atom. The Labute approximate surface area is 119 Å². The van der Waals surface area contributed by atoms with Gasteiger partial charge in [-0.2, -0.15) is 0 Å². The van der Waals surface area contributed by atoms with Gasteiger partial charge in [0.2, 0.25) is 0 Å². The third-order valence-corrected chi connectivity index (χ3v) is 2.70. The van der Waals surface area contributed by atoms with Gasteiger partial charge in [-0.15, -0.1) is 0 Å². The average Bonchev–Trinajstić information content (AvgIpc) is 2.43. The highest BCUT2D eigenvalue weighted by atomic mass is 35.5. The zero-order chi connectivity index (χ0) is 15.7. The zero-order valence-corrected chi connectivity index (χ0v) is 10.6. The van der Waals surface area contributed by atoms with Crippen LogP contribution in [0.4, 0.5) is 27.6 Å². The number of halogens is 6. The Morgan fingerprint density at radius 3 is 2.19 bits per heavy atom. The van der Waals surface area contributed by atoms with Crippen molar-refractivity contribution in [1.82, 2.24) is 4.98 Å². The highest BCUT2D eigenvalue weighted by Crippen LogP contribution is 2.25. The molecule has 0 saturated heterocycles. The summed E-state index contributed by atoms with van der Waals surface area (Å²) in [5.74, 6) is -9.23. The van der Waals surface area contributed by atoms with E-state index < -0.39 is 51.4 Å². The molecule has 0 aliphatic heterocycles. The lowest BCUT2D eigenvalue weighted by molar-refractivity contribution is 0.102. The molecule has 1 aromatic carbocycles. The maximum atomic E-state index is 13.4. The van der Waals surface area contributed by atoms with Crippen molar-refractivity contribution in [2.75, 3.05) is 5.32 Å². The Hall–Kier alpha value is -2.22. The lowest BCUT2D eigenvalue weighted by Crippen LogP contribution is -2.17. The monoisotopic (exact) mass is 322 g/mol. The number of pyridine rings is 1.